The van der Waals surface area contributed by atoms with Crippen LogP contribution >= 0.6 is 0 Å². The third kappa shape index (κ3) is 7.63. The number of rotatable bonds is 12. The van der Waals surface area contributed by atoms with Crippen LogP contribution in [0.2, 0.25) is 0 Å². The quantitative estimate of drug-likeness (QED) is 0.0659. The van der Waals surface area contributed by atoms with Crippen LogP contribution in [0.1, 0.15) is 22.3 Å². The van der Waals surface area contributed by atoms with E-state index in [1.807, 2.05) is 0 Å². The van der Waals surface area contributed by atoms with E-state index in [0.717, 1.165) is 0 Å². The fourth-order valence-electron chi connectivity index (χ4n) is 8.92. The van der Waals surface area contributed by atoms with Crippen molar-refractivity contribution in [2.75, 3.05) is 0 Å². The second-order valence-corrected chi connectivity index (χ2v) is 22.9. The van der Waals surface area contributed by atoms with E-state index < -0.39 is 16.1 Å². The molecule has 0 radical (unpaired) electrons. The molecule has 0 fully saturated rings. The molecular weight excluding hydrogens is 753 g/mol. The van der Waals surface area contributed by atoms with Gasteiger partial charge in [-0.15, -0.1) is 0 Å². The molecule has 9 aromatic rings. The summed E-state index contributed by atoms with van der Waals surface area (Å²) in [7, 11) is -5.06. The Bertz CT molecular complexity index is 2390. The van der Waals surface area contributed by atoms with Crippen LogP contribution in [-0.2, 0) is 0 Å². The fraction of sp³-hybridized carbons (Fsp3) is 0. The Morgan fingerprint density at radius 1 is 0.167 bits per heavy atom. The van der Waals surface area contributed by atoms with Gasteiger partial charge in [0.15, 0.2) is 16.1 Å². The zero-order valence-electron chi connectivity index (χ0n) is 33.6. The molecule has 0 bridgehead atoms. The van der Waals surface area contributed by atoms with Crippen LogP contribution in [0.5, 0.6) is 0 Å². The molecule has 0 aromatic heterocycles. The summed E-state index contributed by atoms with van der Waals surface area (Å²) in [5, 5.41) is 11.1. The monoisotopic (exact) mass is 798 g/mol. The van der Waals surface area contributed by atoms with Gasteiger partial charge in [0.2, 0.25) is 0 Å². The molecule has 0 saturated carbocycles. The number of benzene rings is 9. The summed E-state index contributed by atoms with van der Waals surface area (Å²) in [6.45, 7) is 0. The number of hydrogen-bond acceptors (Lipinski definition) is 0. The summed E-state index contributed by atoms with van der Waals surface area (Å²) >= 11 is 0. The molecule has 0 aliphatic heterocycles. The molecule has 0 saturated heterocycles. The third-order valence-corrected chi connectivity index (χ3v) is 21.4. The second kappa shape index (κ2) is 17.8. The van der Waals surface area contributed by atoms with E-state index in [4.69, 9.17) is 0 Å². The molecular formula is C58H46Si2. The summed E-state index contributed by atoms with van der Waals surface area (Å²) in [5.74, 6) is 0. The normalized spacial score (nSPS) is 11.9. The average molecular weight is 799 g/mol. The van der Waals surface area contributed by atoms with E-state index in [-0.39, 0.29) is 0 Å². The van der Waals surface area contributed by atoms with E-state index in [2.05, 4.69) is 279 Å². The zero-order chi connectivity index (χ0) is 40.5. The van der Waals surface area contributed by atoms with Crippen LogP contribution in [0.25, 0.3) is 24.3 Å². The maximum Gasteiger partial charge on any atom is 0.179 e. The first-order chi connectivity index (χ1) is 29.7. The molecule has 60 heavy (non-hydrogen) atoms. The Kier molecular flexibility index (Phi) is 11.4. The van der Waals surface area contributed by atoms with Gasteiger partial charge in [0.05, 0.1) is 0 Å². The van der Waals surface area contributed by atoms with Gasteiger partial charge in [0, 0.05) is 0 Å². The Balaban J connectivity index is 0.950. The molecule has 9 aromatic carbocycles. The molecule has 0 aliphatic carbocycles. The fourth-order valence-corrected chi connectivity index (χ4v) is 18.4. The van der Waals surface area contributed by atoms with Crippen molar-refractivity contribution in [3.63, 3.8) is 0 Å². The van der Waals surface area contributed by atoms with Crippen molar-refractivity contribution < 1.29 is 0 Å². The lowest BCUT2D eigenvalue weighted by atomic mass is 10.1. The molecule has 9 rings (SSSR count). The van der Waals surface area contributed by atoms with Crippen molar-refractivity contribution in [1.82, 2.24) is 0 Å². The minimum atomic E-state index is -2.53. The van der Waals surface area contributed by atoms with E-state index in [0.29, 0.717) is 0 Å². The van der Waals surface area contributed by atoms with Gasteiger partial charge in [-0.1, -0.05) is 279 Å². The summed E-state index contributed by atoms with van der Waals surface area (Å²) in [6.07, 6.45) is 8.85. The summed E-state index contributed by atoms with van der Waals surface area (Å²) in [6, 6.07) is 93.8. The molecule has 0 N–H and O–H groups in total. The van der Waals surface area contributed by atoms with Gasteiger partial charge in [-0.3, -0.25) is 0 Å². The smallest absolute Gasteiger partial charge is 0.0623 e. The van der Waals surface area contributed by atoms with Gasteiger partial charge in [0.25, 0.3) is 0 Å². The highest BCUT2D eigenvalue weighted by atomic mass is 28.3. The third-order valence-electron chi connectivity index (χ3n) is 11.8. The van der Waals surface area contributed by atoms with Crippen molar-refractivity contribution in [2.45, 2.75) is 0 Å². The molecule has 0 spiro atoms. The Labute approximate surface area is 357 Å². The van der Waals surface area contributed by atoms with Crippen LogP contribution in [0.4, 0.5) is 0 Å². The van der Waals surface area contributed by atoms with Crippen molar-refractivity contribution >= 4 is 81.9 Å². The first-order valence-corrected chi connectivity index (χ1v) is 24.7. The highest BCUT2D eigenvalue weighted by molar-refractivity contribution is 7.20. The molecule has 286 valence electrons. The lowest BCUT2D eigenvalue weighted by molar-refractivity contribution is 1.62. The minimum Gasteiger partial charge on any atom is -0.0623 e. The topological polar surface area (TPSA) is 0 Å². The van der Waals surface area contributed by atoms with E-state index in [9.17, 15) is 0 Å². The van der Waals surface area contributed by atoms with Gasteiger partial charge in [-0.25, -0.2) is 0 Å². The summed E-state index contributed by atoms with van der Waals surface area (Å²) in [4.78, 5) is 0. The first-order valence-electron chi connectivity index (χ1n) is 20.7. The molecule has 0 amide bonds. The molecule has 0 aliphatic rings. The lowest BCUT2D eigenvalue weighted by Crippen LogP contribution is -2.74. The minimum absolute atomic E-state index is 1.17. The SMILES string of the molecule is C(=C\c1ccc([Si](c2ccccc2)(c2ccccc2)c2ccccc2)cc1)/c1ccc(/C=C/c2ccc([Si](c3ccccc3)(c3ccccc3)c3ccccc3)cc2)cc1. The van der Waals surface area contributed by atoms with Gasteiger partial charge < -0.3 is 0 Å². The van der Waals surface area contributed by atoms with Crippen LogP contribution in [0, 0.1) is 0 Å². The van der Waals surface area contributed by atoms with Crippen LogP contribution in [0.15, 0.2) is 255 Å². The Morgan fingerprint density at radius 3 is 0.500 bits per heavy atom. The highest BCUT2D eigenvalue weighted by Crippen LogP contribution is 2.16. The predicted octanol–water partition coefficient (Wildman–Crippen LogP) is 8.78. The number of hydrogen-bond donors (Lipinski definition) is 0. The maximum atomic E-state index is 2.35. The van der Waals surface area contributed by atoms with Crippen LogP contribution in [-0.4, -0.2) is 16.1 Å². The largest absolute Gasteiger partial charge is 0.179 e. The van der Waals surface area contributed by atoms with Gasteiger partial charge in [-0.05, 0) is 63.7 Å². The van der Waals surface area contributed by atoms with Crippen LogP contribution < -0.4 is 41.5 Å². The molecule has 0 heterocycles. The van der Waals surface area contributed by atoms with Gasteiger partial charge in [-0.2, -0.15) is 0 Å². The lowest BCUT2D eigenvalue weighted by Gasteiger charge is -2.34. The Morgan fingerprint density at radius 2 is 0.317 bits per heavy atom. The standard InChI is InChI=1S/C58H46Si2/c1-7-19-51(20-8-1)59(52-21-9-2-10-22-52,53-23-11-3-12-24-53)57-43-39-49(40-44-57)37-35-47-31-33-48(34-32-47)36-38-50-41-45-58(46-42-50)60(54-25-13-4-14-26-54,55-27-15-5-16-28-55)56-29-17-6-18-30-56/h1-46H/b37-35+,38-36+. The van der Waals surface area contributed by atoms with Crippen molar-refractivity contribution in [3.05, 3.63) is 277 Å². The molecule has 0 nitrogen and oxygen atoms in total. The van der Waals surface area contributed by atoms with Crippen molar-refractivity contribution in [1.29, 1.82) is 0 Å². The summed E-state index contributed by atoms with van der Waals surface area (Å²) < 4.78 is 0. The second-order valence-electron chi connectivity index (χ2n) is 15.3. The molecule has 0 atom stereocenters. The van der Waals surface area contributed by atoms with Gasteiger partial charge >= 0.3 is 0 Å². The summed E-state index contributed by atoms with van der Waals surface area (Å²) in [5.41, 5.74) is 4.71. The predicted molar refractivity (Wildman–Crippen MR) is 264 cm³/mol. The van der Waals surface area contributed by atoms with E-state index in [1.54, 1.807) is 0 Å². The van der Waals surface area contributed by atoms with Gasteiger partial charge in [0.1, 0.15) is 0 Å². The Hall–Kier alpha value is -7.11. The molecule has 0 unspecified atom stereocenters. The van der Waals surface area contributed by atoms with Crippen molar-refractivity contribution in [2.24, 2.45) is 0 Å². The van der Waals surface area contributed by atoms with E-state index in [1.165, 1.54) is 63.7 Å². The molecule has 2 heteroatoms. The van der Waals surface area contributed by atoms with E-state index >= 15 is 0 Å². The highest BCUT2D eigenvalue weighted by Gasteiger charge is 2.42. The maximum absolute atomic E-state index is 2.53. The zero-order valence-corrected chi connectivity index (χ0v) is 35.6. The van der Waals surface area contributed by atoms with Crippen LogP contribution in [0.3, 0.4) is 0 Å². The first kappa shape index (κ1) is 38.4. The van der Waals surface area contributed by atoms with Crippen molar-refractivity contribution in [3.8, 4) is 0 Å². The average Bonchev–Trinajstić information content (AvgIpc) is 3.34.